The summed E-state index contributed by atoms with van der Waals surface area (Å²) >= 11 is 0. The molecule has 2 heteroatoms. The summed E-state index contributed by atoms with van der Waals surface area (Å²) in [6, 6.07) is 0. The van der Waals surface area contributed by atoms with E-state index in [2.05, 4.69) is 42.4 Å². The van der Waals surface area contributed by atoms with Crippen LogP contribution in [0.25, 0.3) is 0 Å². The summed E-state index contributed by atoms with van der Waals surface area (Å²) < 4.78 is 0. The van der Waals surface area contributed by atoms with Crippen molar-refractivity contribution in [2.75, 3.05) is 39.3 Å². The molecular weight excluding hydrogens is 184 g/mol. The molecule has 0 N–H and O–H groups in total. The van der Waals surface area contributed by atoms with E-state index in [-0.39, 0.29) is 0 Å². The maximum atomic E-state index is 3.26. The van der Waals surface area contributed by atoms with Gasteiger partial charge in [-0.2, -0.15) is 0 Å². The Balaban J connectivity index is 2.18. The molecule has 0 amide bonds. The molecule has 1 aliphatic rings. The van der Waals surface area contributed by atoms with Gasteiger partial charge in [0.05, 0.1) is 6.54 Å². The van der Waals surface area contributed by atoms with Gasteiger partial charge < -0.3 is 4.90 Å². The molecule has 1 rings (SSSR count). The maximum Gasteiger partial charge on any atom is 0.0602 e. The molecule has 0 aliphatic carbocycles. The van der Waals surface area contributed by atoms with Gasteiger partial charge in [0, 0.05) is 32.1 Å². The molecule has 1 saturated heterocycles. The third-order valence-electron chi connectivity index (χ3n) is 2.70. The van der Waals surface area contributed by atoms with E-state index in [1.165, 1.54) is 39.1 Å². The average molecular weight is 208 g/mol. The predicted molar refractivity (Wildman–Crippen MR) is 65.8 cm³/mol. The SMILES string of the molecule is CCCN1CCN(CC#CC(C)C)CC1. The van der Waals surface area contributed by atoms with Gasteiger partial charge in [-0.1, -0.05) is 32.6 Å². The van der Waals surface area contributed by atoms with Crippen molar-refractivity contribution < 1.29 is 0 Å². The normalized spacial score (nSPS) is 18.9. The van der Waals surface area contributed by atoms with Gasteiger partial charge in [0.2, 0.25) is 0 Å². The van der Waals surface area contributed by atoms with Crippen LogP contribution in [0, 0.1) is 17.8 Å². The fraction of sp³-hybridized carbons (Fsp3) is 0.846. The van der Waals surface area contributed by atoms with Crippen molar-refractivity contribution in [3.63, 3.8) is 0 Å². The van der Waals surface area contributed by atoms with Crippen LogP contribution < -0.4 is 0 Å². The number of piperazine rings is 1. The van der Waals surface area contributed by atoms with Crippen molar-refractivity contribution >= 4 is 0 Å². The van der Waals surface area contributed by atoms with Gasteiger partial charge in [0.15, 0.2) is 0 Å². The fourth-order valence-electron chi connectivity index (χ4n) is 1.85. The van der Waals surface area contributed by atoms with Crippen LogP contribution in [-0.4, -0.2) is 49.1 Å². The topological polar surface area (TPSA) is 6.48 Å². The van der Waals surface area contributed by atoms with Gasteiger partial charge in [0.25, 0.3) is 0 Å². The van der Waals surface area contributed by atoms with E-state index >= 15 is 0 Å². The minimum Gasteiger partial charge on any atom is -0.301 e. The number of rotatable bonds is 3. The highest BCUT2D eigenvalue weighted by atomic mass is 15.3. The van der Waals surface area contributed by atoms with Crippen molar-refractivity contribution in [1.82, 2.24) is 9.80 Å². The van der Waals surface area contributed by atoms with Crippen molar-refractivity contribution in [1.29, 1.82) is 0 Å². The average Bonchev–Trinajstić information content (AvgIpc) is 2.20. The van der Waals surface area contributed by atoms with Crippen LogP contribution in [0.15, 0.2) is 0 Å². The van der Waals surface area contributed by atoms with Crippen molar-refractivity contribution in [3.05, 3.63) is 0 Å². The number of hydrogen-bond acceptors (Lipinski definition) is 2. The Hall–Kier alpha value is -0.520. The zero-order chi connectivity index (χ0) is 11.1. The second-order valence-corrected chi connectivity index (χ2v) is 4.59. The van der Waals surface area contributed by atoms with E-state index in [9.17, 15) is 0 Å². The number of hydrogen-bond donors (Lipinski definition) is 0. The Kier molecular flexibility index (Phi) is 5.75. The van der Waals surface area contributed by atoms with E-state index in [1.54, 1.807) is 0 Å². The van der Waals surface area contributed by atoms with Gasteiger partial charge in [-0.05, 0) is 13.0 Å². The molecule has 1 aliphatic heterocycles. The second-order valence-electron chi connectivity index (χ2n) is 4.59. The van der Waals surface area contributed by atoms with E-state index in [0.717, 1.165) is 6.54 Å². The molecule has 1 fully saturated rings. The summed E-state index contributed by atoms with van der Waals surface area (Å²) in [6.07, 6.45) is 1.27. The quantitative estimate of drug-likeness (QED) is 0.651. The predicted octanol–water partition coefficient (Wildman–Crippen LogP) is 1.67. The molecular formula is C13H24N2. The maximum absolute atomic E-state index is 3.26. The first kappa shape index (κ1) is 12.5. The third kappa shape index (κ3) is 5.20. The van der Waals surface area contributed by atoms with Crippen LogP contribution >= 0.6 is 0 Å². The third-order valence-corrected chi connectivity index (χ3v) is 2.70. The summed E-state index contributed by atoms with van der Waals surface area (Å²) in [7, 11) is 0. The Bertz CT molecular complexity index is 216. The van der Waals surface area contributed by atoms with Gasteiger partial charge in [-0.15, -0.1) is 0 Å². The fourth-order valence-corrected chi connectivity index (χ4v) is 1.85. The standard InChI is InChI=1S/C13H24N2/c1-4-7-14-9-11-15(12-10-14)8-5-6-13(2)3/h13H,4,7-12H2,1-3H3. The lowest BCUT2D eigenvalue weighted by Gasteiger charge is -2.33. The van der Waals surface area contributed by atoms with E-state index < -0.39 is 0 Å². The summed E-state index contributed by atoms with van der Waals surface area (Å²) in [6.45, 7) is 13.6. The highest BCUT2D eigenvalue weighted by Crippen LogP contribution is 2.01. The van der Waals surface area contributed by atoms with Crippen LogP contribution in [0.3, 0.4) is 0 Å². The highest BCUT2D eigenvalue weighted by Gasteiger charge is 2.14. The Labute approximate surface area is 94.6 Å². The first-order chi connectivity index (χ1) is 7.22. The van der Waals surface area contributed by atoms with E-state index in [1.807, 2.05) is 0 Å². The molecule has 0 atom stereocenters. The zero-order valence-electron chi connectivity index (χ0n) is 10.4. The minimum atomic E-state index is 0.506. The van der Waals surface area contributed by atoms with Crippen molar-refractivity contribution in [2.45, 2.75) is 27.2 Å². The lowest BCUT2D eigenvalue weighted by Crippen LogP contribution is -2.46. The highest BCUT2D eigenvalue weighted by molar-refractivity contribution is 5.03. The van der Waals surface area contributed by atoms with Crippen LogP contribution in [-0.2, 0) is 0 Å². The molecule has 0 spiro atoms. The smallest absolute Gasteiger partial charge is 0.0602 e. The first-order valence-electron chi connectivity index (χ1n) is 6.15. The number of nitrogens with zero attached hydrogens (tertiary/aromatic N) is 2. The molecule has 0 unspecified atom stereocenters. The first-order valence-corrected chi connectivity index (χ1v) is 6.15. The van der Waals surface area contributed by atoms with E-state index in [0.29, 0.717) is 5.92 Å². The molecule has 1 heterocycles. The molecule has 0 saturated carbocycles. The summed E-state index contributed by atoms with van der Waals surface area (Å²) in [5.41, 5.74) is 0. The lowest BCUT2D eigenvalue weighted by molar-refractivity contribution is 0.144. The lowest BCUT2D eigenvalue weighted by atomic mass is 10.2. The van der Waals surface area contributed by atoms with E-state index in [4.69, 9.17) is 0 Å². The molecule has 2 nitrogen and oxygen atoms in total. The molecule has 0 bridgehead atoms. The monoisotopic (exact) mass is 208 g/mol. The molecule has 0 radical (unpaired) electrons. The second kappa shape index (κ2) is 6.87. The minimum absolute atomic E-state index is 0.506. The Morgan fingerprint density at radius 3 is 2.20 bits per heavy atom. The summed E-state index contributed by atoms with van der Waals surface area (Å²) in [4.78, 5) is 5.01. The Morgan fingerprint density at radius 2 is 1.67 bits per heavy atom. The van der Waals surface area contributed by atoms with Crippen molar-refractivity contribution in [2.24, 2.45) is 5.92 Å². The Morgan fingerprint density at radius 1 is 1.07 bits per heavy atom. The summed E-state index contributed by atoms with van der Waals surface area (Å²) in [5, 5.41) is 0. The summed E-state index contributed by atoms with van der Waals surface area (Å²) in [5.74, 6) is 6.99. The van der Waals surface area contributed by atoms with Crippen molar-refractivity contribution in [3.8, 4) is 11.8 Å². The zero-order valence-corrected chi connectivity index (χ0v) is 10.4. The van der Waals surface area contributed by atoms with Crippen LogP contribution in [0.5, 0.6) is 0 Å². The largest absolute Gasteiger partial charge is 0.301 e. The van der Waals surface area contributed by atoms with Crippen LogP contribution in [0.1, 0.15) is 27.2 Å². The molecule has 0 aromatic rings. The van der Waals surface area contributed by atoms with Crippen LogP contribution in [0.2, 0.25) is 0 Å². The molecule has 0 aromatic heterocycles. The molecule has 0 aromatic carbocycles. The van der Waals surface area contributed by atoms with Crippen LogP contribution in [0.4, 0.5) is 0 Å². The molecule has 86 valence electrons. The van der Waals surface area contributed by atoms with Gasteiger partial charge in [-0.25, -0.2) is 0 Å². The van der Waals surface area contributed by atoms with Gasteiger partial charge in [0.1, 0.15) is 0 Å². The molecule has 15 heavy (non-hydrogen) atoms. The van der Waals surface area contributed by atoms with Gasteiger partial charge in [-0.3, -0.25) is 4.90 Å². The van der Waals surface area contributed by atoms with Gasteiger partial charge >= 0.3 is 0 Å².